The average Bonchev–Trinajstić information content (AvgIpc) is 3.21. The first-order valence-electron chi connectivity index (χ1n) is 7.78. The Morgan fingerprint density at radius 3 is 2.96 bits per heavy atom. The number of aromatic nitrogens is 4. The molecule has 3 aromatic rings. The summed E-state index contributed by atoms with van der Waals surface area (Å²) in [4.78, 5) is 0.134. The number of pyridine rings is 1. The molecule has 24 heavy (non-hydrogen) atoms. The summed E-state index contributed by atoms with van der Waals surface area (Å²) in [6.45, 7) is 2.49. The zero-order valence-corrected chi connectivity index (χ0v) is 14.0. The van der Waals surface area contributed by atoms with Gasteiger partial charge in [-0.05, 0) is 31.9 Å². The summed E-state index contributed by atoms with van der Waals surface area (Å²) in [7, 11) is -3.61. The molecule has 9 heteroatoms. The van der Waals surface area contributed by atoms with Crippen molar-refractivity contribution in [1.82, 2.24) is 24.1 Å². The molecule has 0 spiro atoms. The predicted octanol–water partition coefficient (Wildman–Crippen LogP) is 1.59. The maximum Gasteiger partial charge on any atom is 0.248 e. The largest absolute Gasteiger partial charge is 0.363 e. The van der Waals surface area contributed by atoms with Crippen LogP contribution >= 0.6 is 0 Å². The van der Waals surface area contributed by atoms with Crippen molar-refractivity contribution in [2.24, 2.45) is 0 Å². The number of aryl methyl sites for hydroxylation is 1. The predicted molar refractivity (Wildman–Crippen MR) is 85.0 cm³/mol. The van der Waals surface area contributed by atoms with E-state index in [2.05, 4.69) is 15.4 Å². The third-order valence-corrected chi connectivity index (χ3v) is 6.37. The lowest BCUT2D eigenvalue weighted by molar-refractivity contribution is 0.308. The molecular weight excluding hydrogens is 330 g/mol. The van der Waals surface area contributed by atoms with E-state index in [1.54, 1.807) is 6.92 Å². The molecule has 0 unspecified atom stereocenters. The first-order valence-corrected chi connectivity index (χ1v) is 9.22. The number of fused-ring (bicyclic) bond motifs is 1. The first-order chi connectivity index (χ1) is 11.6. The van der Waals surface area contributed by atoms with Crippen LogP contribution in [0.2, 0.25) is 0 Å². The van der Waals surface area contributed by atoms with Gasteiger partial charge in [0.05, 0.1) is 0 Å². The van der Waals surface area contributed by atoms with Crippen molar-refractivity contribution in [3.05, 3.63) is 42.2 Å². The van der Waals surface area contributed by atoms with E-state index in [4.69, 9.17) is 4.52 Å². The lowest BCUT2D eigenvalue weighted by atomic mass is 9.99. The Labute approximate surface area is 139 Å². The van der Waals surface area contributed by atoms with Crippen LogP contribution in [0.1, 0.15) is 30.3 Å². The first kappa shape index (κ1) is 15.3. The topological polar surface area (TPSA) is 93.6 Å². The van der Waals surface area contributed by atoms with Gasteiger partial charge in [0.25, 0.3) is 0 Å². The summed E-state index contributed by atoms with van der Waals surface area (Å²) >= 11 is 0. The van der Waals surface area contributed by atoms with Gasteiger partial charge in [-0.2, -0.15) is 4.31 Å². The fourth-order valence-corrected chi connectivity index (χ4v) is 4.78. The number of hydrogen-bond acceptors (Lipinski definition) is 6. The SMILES string of the molecule is Cc1nocc1S(=O)(=O)N1CCC[C@H](c2nnc3ccccn23)C1. The molecule has 0 bridgehead atoms. The van der Waals surface area contributed by atoms with Crippen LogP contribution in [0.5, 0.6) is 0 Å². The molecule has 3 aromatic heterocycles. The Bertz CT molecular complexity index is 978. The van der Waals surface area contributed by atoms with E-state index in [1.165, 1.54) is 10.6 Å². The van der Waals surface area contributed by atoms with E-state index in [0.29, 0.717) is 18.8 Å². The van der Waals surface area contributed by atoms with Crippen molar-refractivity contribution in [2.45, 2.75) is 30.6 Å². The molecule has 8 nitrogen and oxygen atoms in total. The van der Waals surface area contributed by atoms with Crippen LogP contribution in [-0.2, 0) is 10.0 Å². The Morgan fingerprint density at radius 1 is 1.29 bits per heavy atom. The van der Waals surface area contributed by atoms with Gasteiger partial charge in [-0.25, -0.2) is 8.42 Å². The standard InChI is InChI=1S/C15H17N5O3S/c1-11-13(10-23-18-11)24(21,22)19-7-4-5-12(9-19)15-17-16-14-6-2-3-8-20(14)15/h2-3,6,8,10,12H,4-5,7,9H2,1H3/t12-/m0/s1. The molecule has 0 aliphatic carbocycles. The van der Waals surface area contributed by atoms with Crippen LogP contribution in [-0.4, -0.2) is 45.6 Å². The second-order valence-corrected chi connectivity index (χ2v) is 7.86. The second kappa shape index (κ2) is 5.67. The van der Waals surface area contributed by atoms with Crippen molar-refractivity contribution in [1.29, 1.82) is 0 Å². The highest BCUT2D eigenvalue weighted by Gasteiger charge is 2.34. The summed E-state index contributed by atoms with van der Waals surface area (Å²) in [5, 5.41) is 12.1. The van der Waals surface area contributed by atoms with Gasteiger partial charge >= 0.3 is 0 Å². The van der Waals surface area contributed by atoms with Gasteiger partial charge in [0, 0.05) is 25.2 Å². The normalized spacial score (nSPS) is 19.8. The smallest absolute Gasteiger partial charge is 0.248 e. The van der Waals surface area contributed by atoms with Gasteiger partial charge in [-0.3, -0.25) is 4.40 Å². The third kappa shape index (κ3) is 2.40. The minimum absolute atomic E-state index is 0.00564. The molecule has 1 fully saturated rings. The Morgan fingerprint density at radius 2 is 2.17 bits per heavy atom. The minimum atomic E-state index is -3.61. The molecule has 0 radical (unpaired) electrons. The molecule has 0 aromatic carbocycles. The van der Waals surface area contributed by atoms with Crippen LogP contribution in [0.4, 0.5) is 0 Å². The summed E-state index contributed by atoms with van der Waals surface area (Å²) in [6, 6.07) is 5.70. The summed E-state index contributed by atoms with van der Waals surface area (Å²) in [5.74, 6) is 0.804. The molecule has 4 rings (SSSR count). The number of piperidine rings is 1. The van der Waals surface area contributed by atoms with Gasteiger partial charge in [0.1, 0.15) is 22.7 Å². The molecule has 0 saturated carbocycles. The second-order valence-electron chi connectivity index (χ2n) is 5.95. The lowest BCUT2D eigenvalue weighted by Gasteiger charge is -2.30. The minimum Gasteiger partial charge on any atom is -0.363 e. The maximum absolute atomic E-state index is 12.8. The van der Waals surface area contributed by atoms with E-state index in [-0.39, 0.29) is 10.8 Å². The fraction of sp³-hybridized carbons (Fsp3) is 0.400. The Balaban J connectivity index is 1.66. The van der Waals surface area contributed by atoms with Crippen LogP contribution in [0, 0.1) is 6.92 Å². The van der Waals surface area contributed by atoms with Gasteiger partial charge in [0.2, 0.25) is 10.0 Å². The van der Waals surface area contributed by atoms with Gasteiger partial charge < -0.3 is 4.52 Å². The summed E-state index contributed by atoms with van der Waals surface area (Å²) in [5.41, 5.74) is 1.15. The van der Waals surface area contributed by atoms with Crippen molar-refractivity contribution in [2.75, 3.05) is 13.1 Å². The fourth-order valence-electron chi connectivity index (χ4n) is 3.18. The van der Waals surface area contributed by atoms with E-state index in [9.17, 15) is 8.42 Å². The molecular formula is C15H17N5O3S. The van der Waals surface area contributed by atoms with Crippen molar-refractivity contribution < 1.29 is 12.9 Å². The van der Waals surface area contributed by atoms with Crippen LogP contribution in [0.3, 0.4) is 0 Å². The molecule has 126 valence electrons. The van der Waals surface area contributed by atoms with Crippen molar-refractivity contribution in [3.63, 3.8) is 0 Å². The van der Waals surface area contributed by atoms with Crippen LogP contribution in [0.15, 0.2) is 40.1 Å². The highest BCUT2D eigenvalue weighted by molar-refractivity contribution is 7.89. The van der Waals surface area contributed by atoms with Gasteiger partial charge in [-0.15, -0.1) is 10.2 Å². The average molecular weight is 347 g/mol. The molecule has 1 saturated heterocycles. The molecule has 1 aliphatic heterocycles. The van der Waals surface area contributed by atoms with Crippen molar-refractivity contribution >= 4 is 15.7 Å². The van der Waals surface area contributed by atoms with E-state index >= 15 is 0 Å². The highest BCUT2D eigenvalue weighted by Crippen LogP contribution is 2.30. The molecule has 0 amide bonds. The Kier molecular flexibility index (Phi) is 3.61. The van der Waals surface area contributed by atoms with Crippen LogP contribution < -0.4 is 0 Å². The van der Waals surface area contributed by atoms with E-state index in [1.807, 2.05) is 28.8 Å². The quantitative estimate of drug-likeness (QED) is 0.714. The number of rotatable bonds is 3. The summed E-state index contributed by atoms with van der Waals surface area (Å²) in [6.07, 6.45) is 4.75. The van der Waals surface area contributed by atoms with Gasteiger partial charge in [-0.1, -0.05) is 11.2 Å². The molecule has 0 N–H and O–H groups in total. The molecule has 1 aliphatic rings. The monoisotopic (exact) mass is 347 g/mol. The zero-order chi connectivity index (χ0) is 16.7. The zero-order valence-electron chi connectivity index (χ0n) is 13.2. The van der Waals surface area contributed by atoms with Gasteiger partial charge in [0.15, 0.2) is 5.65 Å². The van der Waals surface area contributed by atoms with E-state index in [0.717, 1.165) is 24.3 Å². The van der Waals surface area contributed by atoms with Crippen LogP contribution in [0.25, 0.3) is 5.65 Å². The molecule has 1 atom stereocenters. The van der Waals surface area contributed by atoms with Crippen molar-refractivity contribution in [3.8, 4) is 0 Å². The number of nitrogens with zero attached hydrogens (tertiary/aromatic N) is 5. The third-order valence-electron chi connectivity index (χ3n) is 4.41. The summed E-state index contributed by atoms with van der Waals surface area (Å²) < 4.78 is 33.9. The highest BCUT2D eigenvalue weighted by atomic mass is 32.2. The Hall–Kier alpha value is -2.26. The number of sulfonamides is 1. The molecule has 4 heterocycles. The maximum atomic E-state index is 12.8. The van der Waals surface area contributed by atoms with E-state index < -0.39 is 10.0 Å². The number of hydrogen-bond donors (Lipinski definition) is 0. The lowest BCUT2D eigenvalue weighted by Crippen LogP contribution is -2.39.